The van der Waals surface area contributed by atoms with E-state index in [9.17, 15) is 9.59 Å². The molecule has 3 aromatic rings. The van der Waals surface area contributed by atoms with Gasteiger partial charge < -0.3 is 20.0 Å². The summed E-state index contributed by atoms with van der Waals surface area (Å²) in [5.74, 6) is -0.0127. The van der Waals surface area contributed by atoms with Gasteiger partial charge in [-0.15, -0.1) is 11.3 Å². The number of halogens is 1. The highest BCUT2D eigenvalue weighted by molar-refractivity contribution is 7.18. The Morgan fingerprint density at radius 2 is 1.97 bits per heavy atom. The maximum atomic E-state index is 13.1. The van der Waals surface area contributed by atoms with E-state index in [0.717, 1.165) is 31.6 Å². The van der Waals surface area contributed by atoms with E-state index in [-0.39, 0.29) is 18.2 Å². The first-order chi connectivity index (χ1) is 15.0. The highest BCUT2D eigenvalue weighted by Crippen LogP contribution is 2.22. The molecular weight excluding hydrogens is 434 g/mol. The summed E-state index contributed by atoms with van der Waals surface area (Å²) in [5, 5.41) is 5.78. The SMILES string of the molecule is CN1CCc2ccc(NC(=O)[C@@H](Cc3ccco3)NC(=O)c3ccc(Cl)s3)cc2CC1. The number of furan rings is 1. The van der Waals surface area contributed by atoms with Gasteiger partial charge in [-0.1, -0.05) is 17.7 Å². The van der Waals surface area contributed by atoms with Crippen LogP contribution in [0.4, 0.5) is 5.69 Å². The largest absolute Gasteiger partial charge is 0.469 e. The molecule has 0 spiro atoms. The topological polar surface area (TPSA) is 74.6 Å². The Morgan fingerprint density at radius 3 is 2.68 bits per heavy atom. The highest BCUT2D eigenvalue weighted by atomic mass is 35.5. The van der Waals surface area contributed by atoms with Gasteiger partial charge in [0, 0.05) is 25.2 Å². The standard InChI is InChI=1S/C23H24ClN3O3S/c1-27-10-8-15-4-5-17(13-16(15)9-11-27)25-22(28)19(14-18-3-2-12-30-18)26-23(29)20-6-7-21(24)31-20/h2-7,12-13,19H,8-11,14H2,1H3,(H,25,28)(H,26,29)/t19-/m1/s1. The van der Waals surface area contributed by atoms with Crippen LogP contribution in [0.1, 0.15) is 26.6 Å². The van der Waals surface area contributed by atoms with Crippen LogP contribution in [0, 0.1) is 0 Å². The van der Waals surface area contributed by atoms with Crippen LogP contribution in [-0.4, -0.2) is 42.9 Å². The zero-order valence-corrected chi connectivity index (χ0v) is 18.8. The summed E-state index contributed by atoms with van der Waals surface area (Å²) in [5.41, 5.74) is 3.30. The number of thiophene rings is 1. The van der Waals surface area contributed by atoms with Crippen LogP contribution in [0.3, 0.4) is 0 Å². The molecule has 162 valence electrons. The Kier molecular flexibility index (Phi) is 6.75. The lowest BCUT2D eigenvalue weighted by atomic mass is 10.0. The van der Waals surface area contributed by atoms with Crippen LogP contribution in [0.15, 0.2) is 53.1 Å². The molecule has 1 aliphatic heterocycles. The molecule has 1 atom stereocenters. The van der Waals surface area contributed by atoms with Crippen LogP contribution < -0.4 is 10.6 Å². The van der Waals surface area contributed by atoms with Crippen molar-refractivity contribution in [3.63, 3.8) is 0 Å². The fourth-order valence-corrected chi connectivity index (χ4v) is 4.60. The molecule has 0 fully saturated rings. The average molecular weight is 458 g/mol. The number of rotatable bonds is 6. The summed E-state index contributed by atoms with van der Waals surface area (Å²) in [6.07, 6.45) is 3.75. The zero-order chi connectivity index (χ0) is 21.8. The molecule has 0 aliphatic carbocycles. The molecular formula is C23H24ClN3O3S. The van der Waals surface area contributed by atoms with E-state index in [4.69, 9.17) is 16.0 Å². The number of nitrogens with one attached hydrogen (secondary N) is 2. The molecule has 6 nitrogen and oxygen atoms in total. The highest BCUT2D eigenvalue weighted by Gasteiger charge is 2.24. The second kappa shape index (κ2) is 9.68. The molecule has 2 N–H and O–H groups in total. The molecule has 3 heterocycles. The van der Waals surface area contributed by atoms with Gasteiger partial charge in [-0.05, 0) is 67.4 Å². The third-order valence-corrected chi connectivity index (χ3v) is 6.63. The summed E-state index contributed by atoms with van der Waals surface area (Å²) in [7, 11) is 2.12. The van der Waals surface area contributed by atoms with Crippen molar-refractivity contribution in [2.24, 2.45) is 0 Å². The van der Waals surface area contributed by atoms with Crippen LogP contribution in [-0.2, 0) is 24.1 Å². The number of fused-ring (bicyclic) bond motifs is 1. The van der Waals surface area contributed by atoms with Crippen molar-refractivity contribution in [3.8, 4) is 0 Å². The van der Waals surface area contributed by atoms with Crippen molar-refractivity contribution < 1.29 is 14.0 Å². The van der Waals surface area contributed by atoms with E-state index in [1.165, 1.54) is 22.5 Å². The van der Waals surface area contributed by atoms with Gasteiger partial charge in [0.1, 0.15) is 11.8 Å². The number of carbonyl (C=O) groups excluding carboxylic acids is 2. The maximum absolute atomic E-state index is 13.1. The van der Waals surface area contributed by atoms with Crippen LogP contribution in [0.5, 0.6) is 0 Å². The van der Waals surface area contributed by atoms with Crippen molar-refractivity contribution in [2.45, 2.75) is 25.3 Å². The lowest BCUT2D eigenvalue weighted by Gasteiger charge is -2.18. The van der Waals surface area contributed by atoms with Gasteiger partial charge in [-0.3, -0.25) is 9.59 Å². The predicted octanol–water partition coefficient (Wildman–Crippen LogP) is 4.00. The number of hydrogen-bond donors (Lipinski definition) is 2. The van der Waals surface area contributed by atoms with E-state index < -0.39 is 6.04 Å². The van der Waals surface area contributed by atoms with E-state index in [0.29, 0.717) is 15.0 Å². The van der Waals surface area contributed by atoms with Gasteiger partial charge in [0.05, 0.1) is 15.5 Å². The third kappa shape index (κ3) is 5.55. The van der Waals surface area contributed by atoms with E-state index in [1.54, 1.807) is 30.5 Å². The Balaban J connectivity index is 1.49. The van der Waals surface area contributed by atoms with Gasteiger partial charge in [0.25, 0.3) is 5.91 Å². The lowest BCUT2D eigenvalue weighted by molar-refractivity contribution is -0.118. The Bertz CT molecular complexity index is 1060. The summed E-state index contributed by atoms with van der Waals surface area (Å²) < 4.78 is 5.92. The number of amides is 2. The van der Waals surface area contributed by atoms with Crippen molar-refractivity contribution in [1.29, 1.82) is 0 Å². The van der Waals surface area contributed by atoms with Crippen molar-refractivity contribution in [3.05, 3.63) is 74.8 Å². The molecule has 0 bridgehead atoms. The summed E-state index contributed by atoms with van der Waals surface area (Å²) in [4.78, 5) is 28.5. The first-order valence-electron chi connectivity index (χ1n) is 10.2. The Labute approximate surface area is 190 Å². The smallest absolute Gasteiger partial charge is 0.262 e. The molecule has 1 aromatic carbocycles. The summed E-state index contributed by atoms with van der Waals surface area (Å²) >= 11 is 7.12. The fourth-order valence-electron chi connectivity index (χ4n) is 3.65. The molecule has 8 heteroatoms. The van der Waals surface area contributed by atoms with Gasteiger partial charge in [0.15, 0.2) is 0 Å². The summed E-state index contributed by atoms with van der Waals surface area (Å²) in [6, 6.07) is 12.1. The zero-order valence-electron chi connectivity index (χ0n) is 17.2. The van der Waals surface area contributed by atoms with Crippen molar-refractivity contribution in [2.75, 3.05) is 25.5 Å². The molecule has 2 amide bonds. The number of carbonyl (C=O) groups is 2. The normalized spacial score (nSPS) is 15.0. The fraction of sp³-hybridized carbons (Fsp3) is 0.304. The number of benzene rings is 1. The first kappa shape index (κ1) is 21.6. The molecule has 1 aliphatic rings. The van der Waals surface area contributed by atoms with Gasteiger partial charge in [-0.25, -0.2) is 0 Å². The molecule has 0 saturated heterocycles. The second-order valence-electron chi connectivity index (χ2n) is 7.69. The molecule has 0 radical (unpaired) electrons. The average Bonchev–Trinajstić information content (AvgIpc) is 3.38. The van der Waals surface area contributed by atoms with Crippen LogP contribution in [0.2, 0.25) is 4.34 Å². The van der Waals surface area contributed by atoms with Crippen molar-refractivity contribution >= 4 is 40.4 Å². The Hall–Kier alpha value is -2.61. The minimum Gasteiger partial charge on any atom is -0.469 e. The molecule has 0 unspecified atom stereocenters. The number of hydrogen-bond acceptors (Lipinski definition) is 5. The quantitative estimate of drug-likeness (QED) is 0.586. The third-order valence-electron chi connectivity index (χ3n) is 5.40. The molecule has 0 saturated carbocycles. The second-order valence-corrected chi connectivity index (χ2v) is 9.40. The monoisotopic (exact) mass is 457 g/mol. The number of anilines is 1. The molecule has 31 heavy (non-hydrogen) atoms. The summed E-state index contributed by atoms with van der Waals surface area (Å²) in [6.45, 7) is 2.02. The van der Waals surface area contributed by atoms with E-state index >= 15 is 0 Å². The number of nitrogens with zero attached hydrogens (tertiary/aromatic N) is 1. The molecule has 2 aromatic heterocycles. The van der Waals surface area contributed by atoms with Gasteiger partial charge in [0.2, 0.25) is 5.91 Å². The van der Waals surface area contributed by atoms with Gasteiger partial charge in [-0.2, -0.15) is 0 Å². The predicted molar refractivity (Wildman–Crippen MR) is 123 cm³/mol. The first-order valence-corrected chi connectivity index (χ1v) is 11.4. The van der Waals surface area contributed by atoms with E-state index in [2.05, 4.69) is 28.6 Å². The lowest BCUT2D eigenvalue weighted by Crippen LogP contribution is -2.45. The number of likely N-dealkylation sites (N-methyl/N-ethyl adjacent to an activating group) is 1. The molecule has 4 rings (SSSR count). The minimum atomic E-state index is -0.788. The minimum absolute atomic E-state index is 0.249. The van der Waals surface area contributed by atoms with E-state index in [1.807, 2.05) is 12.1 Å². The van der Waals surface area contributed by atoms with Crippen molar-refractivity contribution in [1.82, 2.24) is 10.2 Å². The Morgan fingerprint density at radius 1 is 1.16 bits per heavy atom. The van der Waals surface area contributed by atoms with Crippen LogP contribution in [0.25, 0.3) is 0 Å². The van der Waals surface area contributed by atoms with Gasteiger partial charge >= 0.3 is 0 Å². The van der Waals surface area contributed by atoms with Crippen LogP contribution >= 0.6 is 22.9 Å². The maximum Gasteiger partial charge on any atom is 0.262 e.